The van der Waals surface area contributed by atoms with E-state index >= 15 is 0 Å². The highest BCUT2D eigenvalue weighted by molar-refractivity contribution is 9.10. The van der Waals surface area contributed by atoms with E-state index < -0.39 is 5.97 Å². The van der Waals surface area contributed by atoms with Gasteiger partial charge in [0.1, 0.15) is 11.5 Å². The number of phenolic OH excluding ortho intramolecular Hbond substituents is 2. The summed E-state index contributed by atoms with van der Waals surface area (Å²) in [5, 5.41) is 19.6. The van der Waals surface area contributed by atoms with Crippen LogP contribution in [0.1, 0.15) is 15.9 Å². The van der Waals surface area contributed by atoms with E-state index in [1.54, 1.807) is 6.07 Å². The van der Waals surface area contributed by atoms with E-state index in [1.165, 1.54) is 37.6 Å². The summed E-state index contributed by atoms with van der Waals surface area (Å²) in [7, 11) is 1.27. The molecule has 0 amide bonds. The summed E-state index contributed by atoms with van der Waals surface area (Å²) in [5.41, 5.74) is 1.05. The van der Waals surface area contributed by atoms with Crippen molar-refractivity contribution in [3.05, 3.63) is 51.0 Å². The summed E-state index contributed by atoms with van der Waals surface area (Å²) in [6, 6.07) is 7.30. The van der Waals surface area contributed by atoms with Crippen LogP contribution in [0.5, 0.6) is 11.5 Å². The number of rotatable bonds is 3. The highest BCUT2D eigenvalue weighted by atomic mass is 79.9. The maximum absolute atomic E-state index is 11.4. The summed E-state index contributed by atoms with van der Waals surface area (Å²) < 4.78 is 4.93. The predicted molar refractivity (Wildman–Crippen MR) is 87.5 cm³/mol. The minimum atomic E-state index is -0.533. The van der Waals surface area contributed by atoms with Crippen LogP contribution in [0.3, 0.4) is 0 Å². The minimum Gasteiger partial charge on any atom is -0.507 e. The molecule has 22 heavy (non-hydrogen) atoms. The van der Waals surface area contributed by atoms with Crippen molar-refractivity contribution < 1.29 is 19.7 Å². The average Bonchev–Trinajstić information content (AvgIpc) is 2.50. The number of hydrogen-bond acceptors (Lipinski definition) is 5. The molecule has 0 bridgehead atoms. The molecule has 5 nitrogen and oxygen atoms in total. The second-order valence-electron chi connectivity index (χ2n) is 4.25. The van der Waals surface area contributed by atoms with Gasteiger partial charge >= 0.3 is 5.97 Å². The molecule has 2 rings (SSSR count). The second-order valence-corrected chi connectivity index (χ2v) is 5.45. The fourth-order valence-electron chi connectivity index (χ4n) is 1.69. The van der Waals surface area contributed by atoms with Crippen LogP contribution in [0.4, 0.5) is 5.69 Å². The van der Waals surface area contributed by atoms with Crippen molar-refractivity contribution >= 4 is 45.4 Å². The SMILES string of the molecule is COC(=O)c1ccc(N=Cc2c(O)ccc(O)c2Br)cc1Cl. The Kier molecular flexibility index (Phi) is 5.05. The Labute approximate surface area is 140 Å². The summed E-state index contributed by atoms with van der Waals surface area (Å²) in [5.74, 6) is -0.585. The number of esters is 1. The van der Waals surface area contributed by atoms with E-state index in [1.807, 2.05) is 0 Å². The Hall–Kier alpha value is -2.05. The minimum absolute atomic E-state index is 0.0154. The molecular formula is C15H11BrClNO4. The first-order valence-corrected chi connectivity index (χ1v) is 7.23. The van der Waals surface area contributed by atoms with Gasteiger partial charge in [-0.25, -0.2) is 4.79 Å². The second kappa shape index (κ2) is 6.81. The van der Waals surface area contributed by atoms with E-state index in [4.69, 9.17) is 11.6 Å². The molecule has 0 aromatic heterocycles. The lowest BCUT2D eigenvalue weighted by Gasteiger charge is -2.05. The third-order valence-electron chi connectivity index (χ3n) is 2.84. The van der Waals surface area contributed by atoms with Crippen molar-refractivity contribution in [3.8, 4) is 11.5 Å². The molecule has 0 heterocycles. The van der Waals surface area contributed by atoms with Gasteiger partial charge in [-0.05, 0) is 46.3 Å². The van der Waals surface area contributed by atoms with Crippen molar-refractivity contribution in [3.63, 3.8) is 0 Å². The van der Waals surface area contributed by atoms with Crippen LogP contribution < -0.4 is 0 Å². The number of ether oxygens (including phenoxy) is 1. The van der Waals surface area contributed by atoms with Crippen molar-refractivity contribution in [2.45, 2.75) is 0 Å². The Bertz CT molecular complexity index is 761. The van der Waals surface area contributed by atoms with Gasteiger partial charge in [0, 0.05) is 6.21 Å². The summed E-state index contributed by atoms with van der Waals surface area (Å²) >= 11 is 9.17. The zero-order chi connectivity index (χ0) is 16.3. The molecule has 7 heteroatoms. The molecule has 0 aliphatic carbocycles. The van der Waals surface area contributed by atoms with Gasteiger partial charge in [-0.2, -0.15) is 0 Å². The summed E-state index contributed by atoms with van der Waals surface area (Å²) in [4.78, 5) is 15.6. The number of carbonyl (C=O) groups is 1. The molecule has 0 saturated carbocycles. The van der Waals surface area contributed by atoms with Crippen LogP contribution in [0.15, 0.2) is 39.8 Å². The molecule has 0 spiro atoms. The number of benzene rings is 2. The predicted octanol–water partition coefficient (Wildman–Crippen LogP) is 4.05. The fraction of sp³-hybridized carbons (Fsp3) is 0.0667. The first kappa shape index (κ1) is 16.3. The number of aliphatic imine (C=N–C) groups is 1. The Morgan fingerprint density at radius 1 is 1.27 bits per heavy atom. The highest BCUT2D eigenvalue weighted by Crippen LogP contribution is 2.33. The van der Waals surface area contributed by atoms with Gasteiger partial charge in [0.2, 0.25) is 0 Å². The molecule has 0 aliphatic rings. The molecule has 0 saturated heterocycles. The summed E-state index contributed by atoms with van der Waals surface area (Å²) in [6.07, 6.45) is 1.38. The van der Waals surface area contributed by atoms with Crippen LogP contribution in [-0.4, -0.2) is 29.5 Å². The van der Waals surface area contributed by atoms with Crippen LogP contribution in [-0.2, 0) is 4.74 Å². The maximum Gasteiger partial charge on any atom is 0.339 e. The number of aromatic hydroxyl groups is 2. The molecule has 0 aliphatic heterocycles. The fourth-order valence-corrected chi connectivity index (χ4v) is 2.38. The normalized spacial score (nSPS) is 10.9. The van der Waals surface area contributed by atoms with E-state index in [2.05, 4.69) is 25.7 Å². The van der Waals surface area contributed by atoms with E-state index in [9.17, 15) is 15.0 Å². The number of methoxy groups -OCH3 is 1. The molecule has 0 fully saturated rings. The van der Waals surface area contributed by atoms with Crippen LogP contribution >= 0.6 is 27.5 Å². The molecule has 0 atom stereocenters. The largest absolute Gasteiger partial charge is 0.507 e. The van der Waals surface area contributed by atoms with Gasteiger partial charge in [0.05, 0.1) is 33.4 Å². The molecule has 2 N–H and O–H groups in total. The Balaban J connectivity index is 2.34. The zero-order valence-electron chi connectivity index (χ0n) is 11.4. The Morgan fingerprint density at radius 3 is 2.59 bits per heavy atom. The van der Waals surface area contributed by atoms with Gasteiger partial charge in [-0.15, -0.1) is 0 Å². The van der Waals surface area contributed by atoms with Crippen LogP contribution in [0, 0.1) is 0 Å². The van der Waals surface area contributed by atoms with Crippen molar-refractivity contribution in [2.75, 3.05) is 7.11 Å². The van der Waals surface area contributed by atoms with Crippen LogP contribution in [0.2, 0.25) is 5.02 Å². The van der Waals surface area contributed by atoms with Gasteiger partial charge in [0.25, 0.3) is 0 Å². The number of phenols is 2. The average molecular weight is 385 g/mol. The monoisotopic (exact) mass is 383 g/mol. The topological polar surface area (TPSA) is 79.1 Å². The van der Waals surface area contributed by atoms with E-state index in [0.29, 0.717) is 15.7 Å². The van der Waals surface area contributed by atoms with Gasteiger partial charge < -0.3 is 14.9 Å². The van der Waals surface area contributed by atoms with Crippen LogP contribution in [0.25, 0.3) is 0 Å². The molecule has 2 aromatic rings. The quantitative estimate of drug-likeness (QED) is 0.475. The molecule has 0 unspecified atom stereocenters. The van der Waals surface area contributed by atoms with Crippen molar-refractivity contribution in [1.29, 1.82) is 0 Å². The maximum atomic E-state index is 11.4. The molecule has 0 radical (unpaired) electrons. The van der Waals surface area contributed by atoms with Gasteiger partial charge in [0.15, 0.2) is 0 Å². The zero-order valence-corrected chi connectivity index (χ0v) is 13.7. The number of carbonyl (C=O) groups excluding carboxylic acids is 1. The van der Waals surface area contributed by atoms with Gasteiger partial charge in [-0.3, -0.25) is 4.99 Å². The number of hydrogen-bond donors (Lipinski definition) is 2. The van der Waals surface area contributed by atoms with E-state index in [0.717, 1.165) is 0 Å². The number of nitrogens with zero attached hydrogens (tertiary/aromatic N) is 1. The lowest BCUT2D eigenvalue weighted by Crippen LogP contribution is -2.01. The van der Waals surface area contributed by atoms with Crippen molar-refractivity contribution in [1.82, 2.24) is 0 Å². The highest BCUT2D eigenvalue weighted by Gasteiger charge is 2.11. The number of halogens is 2. The third kappa shape index (κ3) is 3.40. The standard InChI is InChI=1S/C15H11BrClNO4/c1-22-15(21)9-3-2-8(6-11(9)17)18-7-10-12(19)4-5-13(20)14(10)16/h2-7,19-20H,1H3. The first-order chi connectivity index (χ1) is 10.4. The third-order valence-corrected chi connectivity index (χ3v) is 3.98. The lowest BCUT2D eigenvalue weighted by atomic mass is 10.2. The van der Waals surface area contributed by atoms with Gasteiger partial charge in [-0.1, -0.05) is 11.6 Å². The molecule has 114 valence electrons. The molecular weight excluding hydrogens is 374 g/mol. The molecule has 2 aromatic carbocycles. The Morgan fingerprint density at radius 2 is 1.95 bits per heavy atom. The summed E-state index contributed by atoms with van der Waals surface area (Å²) in [6.45, 7) is 0. The smallest absolute Gasteiger partial charge is 0.339 e. The first-order valence-electron chi connectivity index (χ1n) is 6.06. The van der Waals surface area contributed by atoms with Crippen molar-refractivity contribution in [2.24, 2.45) is 4.99 Å². The van der Waals surface area contributed by atoms with E-state index in [-0.39, 0.29) is 22.1 Å². The lowest BCUT2D eigenvalue weighted by molar-refractivity contribution is 0.0601.